The van der Waals surface area contributed by atoms with E-state index in [1.807, 2.05) is 35.9 Å². The van der Waals surface area contributed by atoms with Crippen molar-refractivity contribution in [3.63, 3.8) is 0 Å². The molecule has 1 amide bonds. The van der Waals surface area contributed by atoms with Crippen LogP contribution in [0.4, 0.5) is 0 Å². The van der Waals surface area contributed by atoms with Crippen LogP contribution in [0.1, 0.15) is 19.8 Å². The summed E-state index contributed by atoms with van der Waals surface area (Å²) in [5.41, 5.74) is 1.87. The lowest BCUT2D eigenvalue weighted by atomic mass is 10.2. The van der Waals surface area contributed by atoms with E-state index < -0.39 is 9.84 Å². The Labute approximate surface area is 188 Å². The van der Waals surface area contributed by atoms with Gasteiger partial charge in [-0.1, -0.05) is 30.8 Å². The molecule has 1 atom stereocenters. The summed E-state index contributed by atoms with van der Waals surface area (Å²) in [6, 6.07) is 7.90. The first-order valence-corrected chi connectivity index (χ1v) is 14.3. The number of H-pyrrole nitrogens is 1. The molecule has 0 spiro atoms. The zero-order chi connectivity index (χ0) is 21.1. The first kappa shape index (κ1) is 21.6. The standard InChI is InChI=1S/C20H23N3O3S4/c1-2-8-23(14-7-11-30(25,26)13-14)17(24)12-29-20-21-18(15-5-3-9-27-15)19(22-20)16-6-4-10-28-16/h3-6,9-10,14H,2,7-8,11-13H2,1H3,(H,21,22)/t14-/m0/s1. The number of imidazole rings is 1. The number of thioether (sulfide) groups is 1. The highest BCUT2D eigenvalue weighted by molar-refractivity contribution is 7.99. The lowest BCUT2D eigenvalue weighted by Crippen LogP contribution is -2.42. The van der Waals surface area contributed by atoms with E-state index in [1.165, 1.54) is 11.8 Å². The zero-order valence-corrected chi connectivity index (χ0v) is 19.8. The number of carbonyl (C=O) groups excluding carboxylic acids is 1. The molecule has 3 aromatic heterocycles. The quantitative estimate of drug-likeness (QED) is 0.483. The molecular formula is C20H23N3O3S4. The number of aromatic amines is 1. The first-order chi connectivity index (χ1) is 14.5. The van der Waals surface area contributed by atoms with Crippen LogP contribution < -0.4 is 0 Å². The Morgan fingerprint density at radius 2 is 2.00 bits per heavy atom. The fourth-order valence-corrected chi connectivity index (χ4v) is 7.53. The van der Waals surface area contributed by atoms with Gasteiger partial charge in [0, 0.05) is 12.6 Å². The zero-order valence-electron chi connectivity index (χ0n) is 16.5. The Morgan fingerprint density at radius 1 is 1.27 bits per heavy atom. The topological polar surface area (TPSA) is 83.1 Å². The summed E-state index contributed by atoms with van der Waals surface area (Å²) >= 11 is 4.65. The fourth-order valence-electron chi connectivity index (χ4n) is 3.60. The lowest BCUT2D eigenvalue weighted by molar-refractivity contribution is -0.130. The molecular weight excluding hydrogens is 459 g/mol. The predicted octanol–water partition coefficient (Wildman–Crippen LogP) is 4.38. The van der Waals surface area contributed by atoms with Gasteiger partial charge in [-0.2, -0.15) is 0 Å². The molecule has 1 fully saturated rings. The van der Waals surface area contributed by atoms with Gasteiger partial charge in [-0.15, -0.1) is 22.7 Å². The minimum Gasteiger partial charge on any atom is -0.338 e. The number of carbonyl (C=O) groups is 1. The van der Waals surface area contributed by atoms with E-state index >= 15 is 0 Å². The third-order valence-electron chi connectivity index (χ3n) is 4.97. The Kier molecular flexibility index (Phi) is 6.66. The minimum absolute atomic E-state index is 0.0318. The van der Waals surface area contributed by atoms with E-state index in [0.717, 1.165) is 27.6 Å². The molecule has 10 heteroatoms. The number of nitrogens with one attached hydrogen (secondary N) is 1. The molecule has 30 heavy (non-hydrogen) atoms. The summed E-state index contributed by atoms with van der Waals surface area (Å²) in [4.78, 5) is 25.0. The van der Waals surface area contributed by atoms with Crippen molar-refractivity contribution in [1.29, 1.82) is 0 Å². The van der Waals surface area contributed by atoms with Gasteiger partial charge in [0.1, 0.15) is 5.69 Å². The van der Waals surface area contributed by atoms with Crippen molar-refractivity contribution in [3.05, 3.63) is 35.0 Å². The maximum Gasteiger partial charge on any atom is 0.233 e. The monoisotopic (exact) mass is 481 g/mol. The van der Waals surface area contributed by atoms with Crippen LogP contribution in [0.25, 0.3) is 21.1 Å². The van der Waals surface area contributed by atoms with Gasteiger partial charge in [0.2, 0.25) is 5.91 Å². The average molecular weight is 482 g/mol. The molecule has 0 aromatic carbocycles. The normalized spacial score (nSPS) is 18.0. The van der Waals surface area contributed by atoms with Gasteiger partial charge in [0.15, 0.2) is 15.0 Å². The molecule has 0 saturated carbocycles. The molecule has 0 radical (unpaired) electrons. The van der Waals surface area contributed by atoms with Gasteiger partial charge in [0.25, 0.3) is 0 Å². The Balaban J connectivity index is 1.50. The summed E-state index contributed by atoms with van der Waals surface area (Å²) in [6.45, 7) is 2.59. The Bertz CT molecular complexity index is 1040. The molecule has 160 valence electrons. The first-order valence-electron chi connectivity index (χ1n) is 9.77. The van der Waals surface area contributed by atoms with Crippen LogP contribution in [0.3, 0.4) is 0 Å². The molecule has 1 N–H and O–H groups in total. The Morgan fingerprint density at radius 3 is 2.60 bits per heavy atom. The van der Waals surface area contributed by atoms with E-state index in [-0.39, 0.29) is 29.2 Å². The molecule has 6 nitrogen and oxygen atoms in total. The summed E-state index contributed by atoms with van der Waals surface area (Å²) in [5.74, 6) is 0.452. The molecule has 1 aliphatic rings. The number of hydrogen-bond donors (Lipinski definition) is 1. The van der Waals surface area contributed by atoms with E-state index in [2.05, 4.69) is 11.1 Å². The van der Waals surface area contributed by atoms with Crippen LogP contribution >= 0.6 is 34.4 Å². The summed E-state index contributed by atoms with van der Waals surface area (Å²) in [7, 11) is -3.03. The van der Waals surface area contributed by atoms with Crippen LogP contribution in [0, 0.1) is 0 Å². The van der Waals surface area contributed by atoms with E-state index in [9.17, 15) is 13.2 Å². The third-order valence-corrected chi connectivity index (χ3v) is 9.34. The highest BCUT2D eigenvalue weighted by Crippen LogP contribution is 2.36. The lowest BCUT2D eigenvalue weighted by Gasteiger charge is -2.27. The van der Waals surface area contributed by atoms with Crippen LogP contribution in [-0.2, 0) is 14.6 Å². The van der Waals surface area contributed by atoms with Crippen LogP contribution in [0.2, 0.25) is 0 Å². The fraction of sp³-hybridized carbons (Fsp3) is 0.400. The van der Waals surface area contributed by atoms with Gasteiger partial charge in [-0.3, -0.25) is 4.79 Å². The molecule has 0 aliphatic carbocycles. The van der Waals surface area contributed by atoms with Crippen molar-refractivity contribution >= 4 is 50.2 Å². The number of rotatable bonds is 8. The maximum absolute atomic E-state index is 12.9. The smallest absolute Gasteiger partial charge is 0.233 e. The number of sulfone groups is 1. The number of aromatic nitrogens is 2. The third kappa shape index (κ3) is 4.82. The van der Waals surface area contributed by atoms with Crippen molar-refractivity contribution in [1.82, 2.24) is 14.9 Å². The predicted molar refractivity (Wildman–Crippen MR) is 125 cm³/mol. The van der Waals surface area contributed by atoms with Crippen molar-refractivity contribution in [2.45, 2.75) is 31.0 Å². The molecule has 1 aliphatic heterocycles. The number of hydrogen-bond acceptors (Lipinski definition) is 7. The highest BCUT2D eigenvalue weighted by Gasteiger charge is 2.34. The van der Waals surface area contributed by atoms with Crippen molar-refractivity contribution in [2.24, 2.45) is 0 Å². The second kappa shape index (κ2) is 9.25. The second-order valence-electron chi connectivity index (χ2n) is 7.15. The van der Waals surface area contributed by atoms with Gasteiger partial charge >= 0.3 is 0 Å². The van der Waals surface area contributed by atoms with Gasteiger partial charge in [-0.25, -0.2) is 13.4 Å². The average Bonchev–Trinajstić information content (AvgIpc) is 3.50. The van der Waals surface area contributed by atoms with E-state index in [0.29, 0.717) is 18.1 Å². The molecule has 0 unspecified atom stereocenters. The second-order valence-corrected chi connectivity index (χ2v) is 12.2. The minimum atomic E-state index is -3.03. The van der Waals surface area contributed by atoms with Crippen molar-refractivity contribution in [2.75, 3.05) is 23.8 Å². The number of amides is 1. The molecule has 3 aromatic rings. The van der Waals surface area contributed by atoms with Crippen LogP contribution in [0.5, 0.6) is 0 Å². The van der Waals surface area contributed by atoms with Gasteiger partial charge < -0.3 is 9.88 Å². The van der Waals surface area contributed by atoms with E-state index in [4.69, 9.17) is 4.98 Å². The van der Waals surface area contributed by atoms with E-state index in [1.54, 1.807) is 27.6 Å². The van der Waals surface area contributed by atoms with Crippen LogP contribution in [0.15, 0.2) is 40.2 Å². The largest absolute Gasteiger partial charge is 0.338 e. The summed E-state index contributed by atoms with van der Waals surface area (Å²) < 4.78 is 23.7. The maximum atomic E-state index is 12.9. The highest BCUT2D eigenvalue weighted by atomic mass is 32.2. The molecule has 0 bridgehead atoms. The number of nitrogens with zero attached hydrogens (tertiary/aromatic N) is 2. The van der Waals surface area contributed by atoms with Crippen molar-refractivity contribution < 1.29 is 13.2 Å². The van der Waals surface area contributed by atoms with Gasteiger partial charge in [-0.05, 0) is 35.7 Å². The molecule has 1 saturated heterocycles. The number of thiophene rings is 2. The SMILES string of the molecule is CCCN(C(=O)CSc1nc(-c2cccs2)c(-c2cccs2)[nH]1)[C@H]1CCS(=O)(=O)C1. The van der Waals surface area contributed by atoms with Gasteiger partial charge in [0.05, 0.1) is 32.7 Å². The molecule has 4 rings (SSSR count). The Hall–Kier alpha value is -1.62. The van der Waals surface area contributed by atoms with Crippen molar-refractivity contribution in [3.8, 4) is 21.1 Å². The summed E-state index contributed by atoms with van der Waals surface area (Å²) in [6.07, 6.45) is 1.34. The summed E-state index contributed by atoms with van der Waals surface area (Å²) in [5, 5.41) is 4.76. The van der Waals surface area contributed by atoms with Crippen LogP contribution in [-0.4, -0.2) is 59.0 Å². The molecule has 4 heterocycles.